The summed E-state index contributed by atoms with van der Waals surface area (Å²) in [6.07, 6.45) is 0. The van der Waals surface area contributed by atoms with Gasteiger partial charge in [-0.25, -0.2) is 0 Å². The standard InChI is InChI=1S/C3Cl6O.AsF6.K/c4-2(5,6)1(10)3(7,8)9;2-1(3,4,5,6)7;/q;-1;+1. The van der Waals surface area contributed by atoms with Gasteiger partial charge in [-0.15, -0.1) is 0 Å². The molecule has 15 heteroatoms. The summed E-state index contributed by atoms with van der Waals surface area (Å²) >= 11 is 19.5. The van der Waals surface area contributed by atoms with Crippen molar-refractivity contribution in [2.45, 2.75) is 7.59 Å². The molecule has 0 radical (unpaired) electrons. The van der Waals surface area contributed by atoms with E-state index in [1.165, 1.54) is 0 Å². The third kappa shape index (κ3) is 27.5. The van der Waals surface area contributed by atoms with E-state index in [0.29, 0.717) is 0 Å². The van der Waals surface area contributed by atoms with Gasteiger partial charge in [-0.3, -0.25) is 4.79 Å². The number of rotatable bonds is 0. The molecule has 0 saturated heterocycles. The van der Waals surface area contributed by atoms with E-state index in [9.17, 15) is 25.6 Å². The number of ketones is 1. The zero-order valence-electron chi connectivity index (χ0n) is 7.89. The van der Waals surface area contributed by atoms with E-state index in [0.717, 1.165) is 0 Å². The maximum atomic E-state index is 10.7. The molecule has 0 unspecified atom stereocenters. The largest absolute Gasteiger partial charge is 1.00 e. The van der Waals surface area contributed by atoms with Crippen molar-refractivity contribution >= 4 is 89.6 Å². The van der Waals surface area contributed by atoms with Gasteiger partial charge in [-0.05, 0) is 0 Å². The van der Waals surface area contributed by atoms with Crippen molar-refractivity contribution < 1.29 is 77.0 Å². The Morgan fingerprint density at radius 3 is 0.833 bits per heavy atom. The fourth-order valence-electron chi connectivity index (χ4n) is 0.161. The smallest absolute Gasteiger partial charge is 0.290 e. The van der Waals surface area contributed by atoms with E-state index in [-0.39, 0.29) is 51.4 Å². The van der Waals surface area contributed by atoms with E-state index in [2.05, 4.69) is 0 Å². The topological polar surface area (TPSA) is 17.1 Å². The molecule has 0 aliphatic heterocycles. The van der Waals surface area contributed by atoms with Crippen LogP contribution in [0, 0.1) is 0 Å². The molecule has 0 spiro atoms. The van der Waals surface area contributed by atoms with Crippen LogP contribution in [-0.2, 0) is 4.79 Å². The van der Waals surface area contributed by atoms with Crippen molar-refractivity contribution in [3.63, 3.8) is 0 Å². The van der Waals surface area contributed by atoms with Crippen LogP contribution >= 0.6 is 69.6 Å². The van der Waals surface area contributed by atoms with E-state index in [1.54, 1.807) is 0 Å². The Hall–Kier alpha value is 3.18. The Kier molecular flexibility index (Phi) is 9.78. The number of hydrogen-bond donors (Lipinski definition) is 0. The van der Waals surface area contributed by atoms with Crippen LogP contribution in [0.5, 0.6) is 0 Å². The minimum Gasteiger partial charge on any atom is -0.290 e. The molecule has 108 valence electrons. The molecule has 0 fully saturated rings. The first-order valence-corrected chi connectivity index (χ1v) is 9.38. The average Bonchev–Trinajstić information content (AvgIpc) is 1.73. The van der Waals surface area contributed by atoms with Crippen molar-refractivity contribution in [2.75, 3.05) is 0 Å². The molecule has 0 bridgehead atoms. The van der Waals surface area contributed by atoms with E-state index in [4.69, 9.17) is 69.6 Å². The summed E-state index contributed by atoms with van der Waals surface area (Å²) in [6, 6.07) is 0. The second kappa shape index (κ2) is 6.75. The molecule has 0 aromatic heterocycles. The first kappa shape index (κ1) is 26.1. The van der Waals surface area contributed by atoms with Crippen molar-refractivity contribution in [1.29, 1.82) is 0 Å². The monoisotopic (exact) mass is 490 g/mol. The predicted molar refractivity (Wildman–Crippen MR) is 58.0 cm³/mol. The third-order valence-electron chi connectivity index (χ3n) is 0.515. The maximum absolute atomic E-state index is 11.1. The summed E-state index contributed by atoms with van der Waals surface area (Å²) in [5, 5.41) is 0. The Labute approximate surface area is 171 Å². The van der Waals surface area contributed by atoms with E-state index >= 15 is 0 Å². The van der Waals surface area contributed by atoms with Crippen LogP contribution < -0.4 is 51.4 Å². The Bertz CT molecular complexity index is 275. The summed E-state index contributed by atoms with van der Waals surface area (Å²) in [5.41, 5.74) is 0. The molecule has 0 rings (SSSR count). The first-order valence-electron chi connectivity index (χ1n) is 2.85. The van der Waals surface area contributed by atoms with Gasteiger partial charge < -0.3 is 0 Å². The zero-order valence-corrected chi connectivity index (χ0v) is 17.4. The normalized spacial score (nSPS) is 16.4. The van der Waals surface area contributed by atoms with Crippen LogP contribution in [0.15, 0.2) is 0 Å². The number of hydrogen-bond acceptors (Lipinski definition) is 1. The van der Waals surface area contributed by atoms with Gasteiger partial charge in [0.25, 0.3) is 7.59 Å². The molecule has 0 aromatic rings. The van der Waals surface area contributed by atoms with Gasteiger partial charge in [0.2, 0.25) is 5.78 Å². The minimum atomic E-state index is -11.1. The summed E-state index contributed by atoms with van der Waals surface area (Å²) in [7, 11) is 0. The van der Waals surface area contributed by atoms with Crippen molar-refractivity contribution in [3.05, 3.63) is 0 Å². The number of Topliss-reactive ketones (excluding diaryl/α,β-unsaturated/α-hetero) is 1. The fraction of sp³-hybridized carbons (Fsp3) is 0.667. The molecule has 0 aliphatic carbocycles. The Balaban J connectivity index is -0.000000251. The quantitative estimate of drug-likeness (QED) is 0.288. The second-order valence-electron chi connectivity index (χ2n) is 2.28. The Morgan fingerprint density at radius 2 is 0.833 bits per heavy atom. The molecule has 0 aliphatic rings. The molecular weight excluding hydrogens is 493 g/mol. The SMILES string of the molecule is F[As-](F)(F)(F)(F)F.O=C(C(Cl)(Cl)Cl)C(Cl)(Cl)Cl.[K+]. The molecule has 1 nitrogen and oxygen atoms in total. The summed E-state index contributed by atoms with van der Waals surface area (Å²) < 4.78 is 55.1. The van der Waals surface area contributed by atoms with Gasteiger partial charge in [0.15, 0.2) is 0 Å². The van der Waals surface area contributed by atoms with E-state index in [1.807, 2.05) is 0 Å². The van der Waals surface area contributed by atoms with Crippen LogP contribution in [0.25, 0.3) is 0 Å². The van der Waals surface area contributed by atoms with Gasteiger partial charge in [-0.1, -0.05) is 69.6 Å². The predicted octanol–water partition coefficient (Wildman–Crippen LogP) is 2.44. The summed E-state index contributed by atoms with van der Waals surface area (Å²) in [6.45, 7) is 0. The number of alkyl halides is 6. The molecule has 0 atom stereocenters. The molecule has 18 heavy (non-hydrogen) atoms. The molecule has 0 heterocycles. The van der Waals surface area contributed by atoms with Crippen LogP contribution in [0.1, 0.15) is 0 Å². The fourth-order valence-corrected chi connectivity index (χ4v) is 1.45. The number of halogens is 12. The van der Waals surface area contributed by atoms with Crippen LogP contribution in [0.3, 0.4) is 0 Å². The third-order valence-corrected chi connectivity index (χ3v) is 1.54. The van der Waals surface area contributed by atoms with Crippen LogP contribution in [0.2, 0.25) is 0 Å². The van der Waals surface area contributed by atoms with Gasteiger partial charge in [-0.2, -0.15) is 0 Å². The Morgan fingerprint density at radius 1 is 0.722 bits per heavy atom. The maximum Gasteiger partial charge on any atom is 1.00 e. The van der Waals surface area contributed by atoms with Gasteiger partial charge in [0.1, 0.15) is 0 Å². The van der Waals surface area contributed by atoms with Crippen molar-refractivity contribution in [2.24, 2.45) is 0 Å². The van der Waals surface area contributed by atoms with Crippen LogP contribution in [-0.4, -0.2) is 27.5 Å². The number of carbonyl (C=O) groups is 1. The molecule has 0 saturated carbocycles. The van der Waals surface area contributed by atoms with Crippen molar-refractivity contribution in [3.8, 4) is 0 Å². The number of carbonyl (C=O) groups excluding carboxylic acids is 1. The van der Waals surface area contributed by atoms with Crippen LogP contribution in [0.4, 0.5) is 20.8 Å². The summed E-state index contributed by atoms with van der Waals surface area (Å²) in [4.78, 5) is 10.7. The van der Waals surface area contributed by atoms with E-state index < -0.39 is 27.5 Å². The molecular formula is C3AsCl6F6KO. The second-order valence-corrected chi connectivity index (χ2v) is 10.9. The minimum absolute atomic E-state index is 0. The molecule has 0 amide bonds. The zero-order chi connectivity index (χ0) is 15.0. The average molecular weight is 493 g/mol. The van der Waals surface area contributed by atoms with Gasteiger partial charge in [0, 0.05) is 0 Å². The summed E-state index contributed by atoms with van der Waals surface area (Å²) in [5.74, 6) is -1.09. The molecule has 0 N–H and O–H groups in total. The first-order chi connectivity index (χ1) is 6.60. The molecule has 0 aromatic carbocycles. The van der Waals surface area contributed by atoms with Gasteiger partial charge in [0.05, 0.1) is 0 Å². The van der Waals surface area contributed by atoms with Gasteiger partial charge >= 0.3 is 86.4 Å². The van der Waals surface area contributed by atoms with Crippen molar-refractivity contribution in [1.82, 2.24) is 0 Å².